The number of alkyl halides is 3. The molecular formula is C19H20F3NO2S. The van der Waals surface area contributed by atoms with Crippen LogP contribution in [-0.4, -0.2) is 29.1 Å². The van der Waals surface area contributed by atoms with Gasteiger partial charge in [0.15, 0.2) is 0 Å². The molecule has 0 amide bonds. The molecule has 0 saturated carbocycles. The molecule has 2 heterocycles. The van der Waals surface area contributed by atoms with Gasteiger partial charge < -0.3 is 5.11 Å². The number of halogens is 3. The van der Waals surface area contributed by atoms with Crippen molar-refractivity contribution in [3.63, 3.8) is 0 Å². The van der Waals surface area contributed by atoms with E-state index in [0.717, 1.165) is 16.5 Å². The first kappa shape index (κ1) is 18.9. The molecule has 2 aromatic rings. The van der Waals surface area contributed by atoms with Crippen molar-refractivity contribution >= 4 is 17.3 Å². The van der Waals surface area contributed by atoms with E-state index in [1.54, 1.807) is 6.07 Å². The Kier molecular flexibility index (Phi) is 5.39. The van der Waals surface area contributed by atoms with Crippen LogP contribution in [0.25, 0.3) is 0 Å². The van der Waals surface area contributed by atoms with Crippen molar-refractivity contribution in [2.24, 2.45) is 5.92 Å². The Balaban J connectivity index is 2.00. The third-order valence-corrected chi connectivity index (χ3v) is 5.93. The summed E-state index contributed by atoms with van der Waals surface area (Å²) in [5.74, 6) is -1.25. The SMILES string of the molecule is Cc1csc(C(c2ccccc2C(F)(F)F)N2CCC(C(=O)O)CC2)c1. The molecule has 0 aliphatic carbocycles. The number of carboxylic acids is 1. The number of carbonyl (C=O) groups is 1. The van der Waals surface area contributed by atoms with Gasteiger partial charge in [0.1, 0.15) is 0 Å². The topological polar surface area (TPSA) is 40.5 Å². The Bertz CT molecular complexity index is 779. The van der Waals surface area contributed by atoms with E-state index in [1.807, 2.05) is 23.3 Å². The number of piperidine rings is 1. The molecular weight excluding hydrogens is 363 g/mol. The highest BCUT2D eigenvalue weighted by atomic mass is 32.1. The van der Waals surface area contributed by atoms with Crippen molar-refractivity contribution in [1.82, 2.24) is 4.90 Å². The summed E-state index contributed by atoms with van der Waals surface area (Å²) in [4.78, 5) is 14.0. The number of nitrogens with zero attached hydrogens (tertiary/aromatic N) is 1. The van der Waals surface area contributed by atoms with Gasteiger partial charge in [-0.05, 0) is 61.5 Å². The number of aryl methyl sites for hydroxylation is 1. The molecule has 3 nitrogen and oxygen atoms in total. The average Bonchev–Trinajstić information content (AvgIpc) is 3.01. The first-order chi connectivity index (χ1) is 12.3. The minimum Gasteiger partial charge on any atom is -0.481 e. The molecule has 0 bridgehead atoms. The lowest BCUT2D eigenvalue weighted by atomic mass is 9.92. The maximum Gasteiger partial charge on any atom is 0.416 e. The van der Waals surface area contributed by atoms with E-state index in [0.29, 0.717) is 25.9 Å². The fourth-order valence-electron chi connectivity index (χ4n) is 3.52. The highest BCUT2D eigenvalue weighted by molar-refractivity contribution is 7.10. The number of rotatable bonds is 4. The van der Waals surface area contributed by atoms with E-state index >= 15 is 0 Å². The zero-order chi connectivity index (χ0) is 18.9. The van der Waals surface area contributed by atoms with Crippen LogP contribution in [-0.2, 0) is 11.0 Å². The molecule has 1 aromatic carbocycles. The molecule has 0 radical (unpaired) electrons. The maximum absolute atomic E-state index is 13.6. The average molecular weight is 383 g/mol. The van der Waals surface area contributed by atoms with Crippen LogP contribution in [0.3, 0.4) is 0 Å². The standard InChI is InChI=1S/C19H20F3NO2S/c1-12-10-16(26-11-12)17(23-8-6-13(7-9-23)18(24)25)14-4-2-3-5-15(14)19(20,21)22/h2-5,10-11,13,17H,6-9H2,1H3,(H,24,25). The predicted molar refractivity (Wildman–Crippen MR) is 94.3 cm³/mol. The van der Waals surface area contributed by atoms with E-state index in [9.17, 15) is 23.1 Å². The molecule has 140 valence electrons. The number of hydrogen-bond acceptors (Lipinski definition) is 3. The minimum atomic E-state index is -4.43. The Hall–Kier alpha value is -1.86. The van der Waals surface area contributed by atoms with E-state index in [4.69, 9.17) is 0 Å². The number of likely N-dealkylation sites (tertiary alicyclic amines) is 1. The highest BCUT2D eigenvalue weighted by Crippen LogP contribution is 2.41. The largest absolute Gasteiger partial charge is 0.481 e. The smallest absolute Gasteiger partial charge is 0.416 e. The van der Waals surface area contributed by atoms with Crippen LogP contribution in [0.2, 0.25) is 0 Å². The molecule has 1 unspecified atom stereocenters. The lowest BCUT2D eigenvalue weighted by molar-refractivity contribution is -0.143. The van der Waals surface area contributed by atoms with Gasteiger partial charge in [0, 0.05) is 4.88 Å². The molecule has 1 fully saturated rings. The van der Waals surface area contributed by atoms with Gasteiger partial charge in [-0.1, -0.05) is 18.2 Å². The Morgan fingerprint density at radius 3 is 2.46 bits per heavy atom. The molecule has 1 N–H and O–H groups in total. The van der Waals surface area contributed by atoms with Gasteiger partial charge in [-0.3, -0.25) is 9.69 Å². The van der Waals surface area contributed by atoms with E-state index in [1.165, 1.54) is 23.5 Å². The maximum atomic E-state index is 13.6. The zero-order valence-electron chi connectivity index (χ0n) is 14.3. The van der Waals surface area contributed by atoms with Crippen LogP contribution < -0.4 is 0 Å². The molecule has 1 saturated heterocycles. The summed E-state index contributed by atoms with van der Waals surface area (Å²) in [5, 5.41) is 11.1. The van der Waals surface area contributed by atoms with E-state index < -0.39 is 29.7 Å². The second-order valence-corrected chi connectivity index (χ2v) is 7.61. The van der Waals surface area contributed by atoms with Crippen LogP contribution >= 0.6 is 11.3 Å². The normalized spacial score (nSPS) is 18.0. The van der Waals surface area contributed by atoms with Crippen LogP contribution in [0.15, 0.2) is 35.7 Å². The van der Waals surface area contributed by atoms with Gasteiger partial charge in [0.25, 0.3) is 0 Å². The summed E-state index contributed by atoms with van der Waals surface area (Å²) in [7, 11) is 0. The van der Waals surface area contributed by atoms with Gasteiger partial charge in [-0.2, -0.15) is 13.2 Å². The van der Waals surface area contributed by atoms with Gasteiger partial charge in [0.2, 0.25) is 0 Å². The summed E-state index contributed by atoms with van der Waals surface area (Å²) >= 11 is 1.45. The molecule has 1 aromatic heterocycles. The van der Waals surface area contributed by atoms with Crippen molar-refractivity contribution in [3.8, 4) is 0 Å². The van der Waals surface area contributed by atoms with Gasteiger partial charge in [0.05, 0.1) is 17.5 Å². The second kappa shape index (κ2) is 7.40. The van der Waals surface area contributed by atoms with Crippen molar-refractivity contribution in [3.05, 3.63) is 57.3 Å². The van der Waals surface area contributed by atoms with Crippen molar-refractivity contribution in [2.45, 2.75) is 32.0 Å². The Morgan fingerprint density at radius 2 is 1.92 bits per heavy atom. The molecule has 3 rings (SSSR count). The quantitative estimate of drug-likeness (QED) is 0.811. The lowest BCUT2D eigenvalue weighted by Gasteiger charge is -2.37. The van der Waals surface area contributed by atoms with Crippen molar-refractivity contribution in [2.75, 3.05) is 13.1 Å². The number of aliphatic carboxylic acids is 1. The van der Waals surface area contributed by atoms with Crippen LogP contribution in [0.1, 0.15) is 40.5 Å². The van der Waals surface area contributed by atoms with Gasteiger partial charge >= 0.3 is 12.1 Å². The first-order valence-electron chi connectivity index (χ1n) is 8.45. The molecule has 26 heavy (non-hydrogen) atoms. The number of carboxylic acid groups (broad SMARTS) is 1. The summed E-state index contributed by atoms with van der Waals surface area (Å²) in [6.45, 7) is 2.85. The number of hydrogen-bond donors (Lipinski definition) is 1. The molecule has 1 aliphatic heterocycles. The summed E-state index contributed by atoms with van der Waals surface area (Å²) in [6, 6.07) is 7.09. The molecule has 0 spiro atoms. The first-order valence-corrected chi connectivity index (χ1v) is 9.33. The van der Waals surface area contributed by atoms with E-state index in [-0.39, 0.29) is 5.56 Å². The molecule has 1 aliphatic rings. The third-order valence-electron chi connectivity index (χ3n) is 4.83. The molecule has 1 atom stereocenters. The monoisotopic (exact) mass is 383 g/mol. The third kappa shape index (κ3) is 3.94. The van der Waals surface area contributed by atoms with Crippen molar-refractivity contribution in [1.29, 1.82) is 0 Å². The molecule has 7 heteroatoms. The predicted octanol–water partition coefficient (Wildman–Crippen LogP) is 4.96. The fraction of sp³-hybridized carbons (Fsp3) is 0.421. The van der Waals surface area contributed by atoms with Crippen LogP contribution in [0, 0.1) is 12.8 Å². The minimum absolute atomic E-state index is 0.232. The summed E-state index contributed by atoms with van der Waals surface area (Å²) in [6.07, 6.45) is -3.53. The van der Waals surface area contributed by atoms with Crippen molar-refractivity contribution < 1.29 is 23.1 Å². The number of thiophene rings is 1. The zero-order valence-corrected chi connectivity index (χ0v) is 15.1. The fourth-order valence-corrected chi connectivity index (χ4v) is 4.57. The lowest BCUT2D eigenvalue weighted by Crippen LogP contribution is -2.39. The Morgan fingerprint density at radius 1 is 1.27 bits per heavy atom. The Labute approximate surface area is 154 Å². The highest BCUT2D eigenvalue weighted by Gasteiger charge is 2.38. The number of benzene rings is 1. The summed E-state index contributed by atoms with van der Waals surface area (Å²) in [5.41, 5.74) is 0.618. The van der Waals surface area contributed by atoms with E-state index in [2.05, 4.69) is 0 Å². The van der Waals surface area contributed by atoms with Crippen LogP contribution in [0.5, 0.6) is 0 Å². The van der Waals surface area contributed by atoms with Gasteiger partial charge in [-0.25, -0.2) is 0 Å². The van der Waals surface area contributed by atoms with Crippen LogP contribution in [0.4, 0.5) is 13.2 Å². The van der Waals surface area contributed by atoms with Gasteiger partial charge in [-0.15, -0.1) is 11.3 Å². The summed E-state index contributed by atoms with van der Waals surface area (Å²) < 4.78 is 40.7. The second-order valence-electron chi connectivity index (χ2n) is 6.66.